The van der Waals surface area contributed by atoms with Crippen LogP contribution in [0.4, 0.5) is 0 Å². The van der Waals surface area contributed by atoms with Crippen LogP contribution in [-0.4, -0.2) is 7.28 Å². The van der Waals surface area contributed by atoms with Crippen molar-refractivity contribution in [3.63, 3.8) is 0 Å². The second kappa shape index (κ2) is 7.60. The van der Waals surface area contributed by atoms with Gasteiger partial charge in [-0.2, -0.15) is 0 Å². The Morgan fingerprint density at radius 3 is 1.83 bits per heavy atom. The topological polar surface area (TPSA) is 0 Å². The molecule has 1 heteroatoms. The molecule has 2 aliphatic carbocycles. The van der Waals surface area contributed by atoms with Crippen molar-refractivity contribution in [1.29, 1.82) is 0 Å². The quantitative estimate of drug-likeness (QED) is 0.557. The van der Waals surface area contributed by atoms with Crippen molar-refractivity contribution < 1.29 is 0 Å². The molecule has 0 nitrogen and oxygen atoms in total. The van der Waals surface area contributed by atoms with E-state index in [1.165, 1.54) is 70.5 Å². The molecule has 0 aliphatic heterocycles. The van der Waals surface area contributed by atoms with Crippen molar-refractivity contribution in [2.45, 2.75) is 84.3 Å². The molecule has 0 N–H and O–H groups in total. The van der Waals surface area contributed by atoms with Gasteiger partial charge in [-0.1, -0.05) is 84.3 Å². The molecular formula is C17H32B. The first-order valence-electron chi connectivity index (χ1n) is 8.60. The Kier molecular flexibility index (Phi) is 6.11. The summed E-state index contributed by atoms with van der Waals surface area (Å²) in [5.74, 6) is 4.07. The molecule has 2 saturated carbocycles. The Labute approximate surface area is 116 Å². The lowest BCUT2D eigenvalue weighted by molar-refractivity contribution is 0.133. The first-order chi connectivity index (χ1) is 8.83. The third kappa shape index (κ3) is 3.78. The minimum Gasteiger partial charge on any atom is -0.0920 e. The molecule has 1 radical (unpaired) electrons. The fraction of sp³-hybridized carbons (Fsp3) is 1.00. The molecule has 18 heavy (non-hydrogen) atoms. The zero-order valence-corrected chi connectivity index (χ0v) is 12.7. The van der Waals surface area contributed by atoms with Crippen LogP contribution >= 0.6 is 0 Å². The molecule has 0 saturated heterocycles. The van der Waals surface area contributed by atoms with Gasteiger partial charge >= 0.3 is 0 Å². The standard InChI is InChI=1S/C17H32B/c1-14(15-9-5-3-6-10-15)17(13-18-2)16-11-7-4-8-12-16/h14-17H,3-13H2,1-2H3. The van der Waals surface area contributed by atoms with E-state index in [-0.39, 0.29) is 0 Å². The number of rotatable bonds is 5. The molecule has 0 heterocycles. The molecule has 0 aromatic carbocycles. The maximum atomic E-state index is 2.58. The Morgan fingerprint density at radius 1 is 0.833 bits per heavy atom. The Morgan fingerprint density at radius 2 is 1.33 bits per heavy atom. The Bertz CT molecular complexity index is 214. The summed E-state index contributed by atoms with van der Waals surface area (Å²) in [5, 5.41) is 0. The van der Waals surface area contributed by atoms with Gasteiger partial charge in [-0.05, 0) is 23.7 Å². The summed E-state index contributed by atoms with van der Waals surface area (Å²) in [6.07, 6.45) is 16.5. The van der Waals surface area contributed by atoms with Gasteiger partial charge in [0.15, 0.2) is 0 Å². The van der Waals surface area contributed by atoms with Gasteiger partial charge in [0.05, 0.1) is 0 Å². The minimum atomic E-state index is 0.976. The van der Waals surface area contributed by atoms with Crippen molar-refractivity contribution in [1.82, 2.24) is 0 Å². The van der Waals surface area contributed by atoms with Gasteiger partial charge in [-0.25, -0.2) is 0 Å². The van der Waals surface area contributed by atoms with Gasteiger partial charge in [0.25, 0.3) is 0 Å². The molecule has 0 spiro atoms. The van der Waals surface area contributed by atoms with Crippen LogP contribution in [0.15, 0.2) is 0 Å². The van der Waals surface area contributed by atoms with Crippen molar-refractivity contribution in [2.75, 3.05) is 0 Å². The Hall–Kier alpha value is 0.0649. The zero-order valence-electron chi connectivity index (χ0n) is 12.7. The second-order valence-electron chi connectivity index (χ2n) is 6.96. The molecule has 103 valence electrons. The zero-order chi connectivity index (χ0) is 12.8. The molecular weight excluding hydrogens is 215 g/mol. The summed E-state index contributed by atoms with van der Waals surface area (Å²) < 4.78 is 0. The molecule has 2 fully saturated rings. The van der Waals surface area contributed by atoms with Gasteiger partial charge in [-0.15, -0.1) is 0 Å². The van der Waals surface area contributed by atoms with Crippen LogP contribution in [0.2, 0.25) is 13.1 Å². The monoisotopic (exact) mass is 247 g/mol. The summed E-state index contributed by atoms with van der Waals surface area (Å²) in [6.45, 7) is 4.85. The molecule has 2 atom stereocenters. The fourth-order valence-corrected chi connectivity index (χ4v) is 4.68. The van der Waals surface area contributed by atoms with Crippen molar-refractivity contribution >= 4 is 7.28 Å². The highest BCUT2D eigenvalue weighted by molar-refractivity contribution is 6.33. The average Bonchev–Trinajstić information content (AvgIpc) is 2.46. The average molecular weight is 247 g/mol. The van der Waals surface area contributed by atoms with Crippen molar-refractivity contribution in [2.24, 2.45) is 23.7 Å². The van der Waals surface area contributed by atoms with E-state index in [0.29, 0.717) is 0 Å². The largest absolute Gasteiger partial charge is 0.106 e. The van der Waals surface area contributed by atoms with Gasteiger partial charge in [0.1, 0.15) is 7.28 Å². The summed E-state index contributed by atoms with van der Waals surface area (Å²) in [5.41, 5.74) is 0. The SMILES string of the molecule is C[B]CC(C1CCCCC1)C(C)C1CCCCC1. The lowest BCUT2D eigenvalue weighted by atomic mass is 9.59. The molecule has 2 rings (SSSR count). The van der Waals surface area contributed by atoms with Gasteiger partial charge in [0.2, 0.25) is 0 Å². The third-order valence-corrected chi connectivity index (χ3v) is 5.83. The van der Waals surface area contributed by atoms with Crippen LogP contribution < -0.4 is 0 Å². The van der Waals surface area contributed by atoms with E-state index in [1.807, 2.05) is 0 Å². The smallest absolute Gasteiger partial charge is 0.0920 e. The normalized spacial score (nSPS) is 26.8. The third-order valence-electron chi connectivity index (χ3n) is 5.83. The van der Waals surface area contributed by atoms with E-state index in [1.54, 1.807) is 0 Å². The van der Waals surface area contributed by atoms with Crippen molar-refractivity contribution in [3.05, 3.63) is 0 Å². The second-order valence-corrected chi connectivity index (χ2v) is 6.96. The number of hydrogen-bond acceptors (Lipinski definition) is 0. The van der Waals surface area contributed by atoms with E-state index < -0.39 is 0 Å². The highest BCUT2D eigenvalue weighted by Crippen LogP contribution is 2.42. The maximum absolute atomic E-state index is 2.58. The van der Waals surface area contributed by atoms with E-state index in [4.69, 9.17) is 0 Å². The van der Waals surface area contributed by atoms with Crippen LogP contribution in [0, 0.1) is 23.7 Å². The fourth-order valence-electron chi connectivity index (χ4n) is 4.68. The maximum Gasteiger partial charge on any atom is 0.106 e. The van der Waals surface area contributed by atoms with Crippen LogP contribution in [0.3, 0.4) is 0 Å². The molecule has 0 aromatic rings. The lowest BCUT2D eigenvalue weighted by Crippen LogP contribution is -2.30. The molecule has 0 bridgehead atoms. The van der Waals surface area contributed by atoms with Gasteiger partial charge in [0, 0.05) is 0 Å². The molecule has 2 aliphatic rings. The summed E-state index contributed by atoms with van der Waals surface area (Å²) in [7, 11) is 2.44. The van der Waals surface area contributed by atoms with E-state index in [0.717, 1.165) is 23.7 Å². The van der Waals surface area contributed by atoms with Crippen molar-refractivity contribution in [3.8, 4) is 0 Å². The number of hydrogen-bond donors (Lipinski definition) is 0. The highest BCUT2D eigenvalue weighted by atomic mass is 14.4. The lowest BCUT2D eigenvalue weighted by Gasteiger charge is -2.39. The van der Waals surface area contributed by atoms with E-state index in [9.17, 15) is 0 Å². The van der Waals surface area contributed by atoms with E-state index >= 15 is 0 Å². The van der Waals surface area contributed by atoms with Gasteiger partial charge in [-0.3, -0.25) is 0 Å². The van der Waals surface area contributed by atoms with Crippen LogP contribution in [-0.2, 0) is 0 Å². The Balaban J connectivity index is 1.93. The van der Waals surface area contributed by atoms with E-state index in [2.05, 4.69) is 21.0 Å². The van der Waals surface area contributed by atoms with Crippen LogP contribution in [0.5, 0.6) is 0 Å². The molecule has 0 amide bonds. The minimum absolute atomic E-state index is 0.976. The van der Waals surface area contributed by atoms with Crippen LogP contribution in [0.1, 0.15) is 71.1 Å². The highest BCUT2D eigenvalue weighted by Gasteiger charge is 2.32. The van der Waals surface area contributed by atoms with Gasteiger partial charge < -0.3 is 0 Å². The summed E-state index contributed by atoms with van der Waals surface area (Å²) in [6, 6.07) is 0. The first-order valence-corrected chi connectivity index (χ1v) is 8.60. The summed E-state index contributed by atoms with van der Waals surface area (Å²) >= 11 is 0. The predicted octanol–water partition coefficient (Wildman–Crippen LogP) is 5.57. The molecule has 0 aromatic heterocycles. The predicted molar refractivity (Wildman–Crippen MR) is 82.2 cm³/mol. The first kappa shape index (κ1) is 14.5. The summed E-state index contributed by atoms with van der Waals surface area (Å²) in [4.78, 5) is 0. The van der Waals surface area contributed by atoms with Crippen LogP contribution in [0.25, 0.3) is 0 Å². The molecule has 2 unspecified atom stereocenters.